The quantitative estimate of drug-likeness (QED) is 0.518. The predicted molar refractivity (Wildman–Crippen MR) is 41.5 cm³/mol. The van der Waals surface area contributed by atoms with Gasteiger partial charge in [-0.1, -0.05) is 0 Å². The summed E-state index contributed by atoms with van der Waals surface area (Å²) < 4.78 is 0. The van der Waals surface area contributed by atoms with Gasteiger partial charge in [0.05, 0.1) is 0 Å². The molecule has 0 aliphatic heterocycles. The van der Waals surface area contributed by atoms with E-state index in [1.165, 1.54) is 25.7 Å². The topological polar surface area (TPSA) is 52.0 Å². The van der Waals surface area contributed by atoms with Crippen LogP contribution in [0.3, 0.4) is 0 Å². The van der Waals surface area contributed by atoms with Crippen LogP contribution in [0.5, 0.6) is 0 Å². The van der Waals surface area contributed by atoms with E-state index in [9.17, 15) is 0 Å². The number of rotatable bonds is 0. The monoisotopic (exact) mass is 140 g/mol. The molecule has 0 bridgehead atoms. The van der Waals surface area contributed by atoms with E-state index in [0.29, 0.717) is 17.5 Å². The molecule has 4 N–H and O–H groups in total. The Balaban J connectivity index is 2.01. The van der Waals surface area contributed by atoms with Gasteiger partial charge in [-0.05, 0) is 37.5 Å². The largest absolute Gasteiger partial charge is 0.328 e. The molecular weight excluding hydrogens is 124 g/mol. The van der Waals surface area contributed by atoms with Gasteiger partial charge in [-0.3, -0.25) is 0 Å². The van der Waals surface area contributed by atoms with Crippen LogP contribution in [0.15, 0.2) is 0 Å². The fourth-order valence-corrected chi connectivity index (χ4v) is 2.13. The first-order valence-electron chi connectivity index (χ1n) is 4.24. The van der Waals surface area contributed by atoms with Gasteiger partial charge in [0.25, 0.3) is 0 Å². The molecule has 2 saturated carbocycles. The molecule has 2 heteroatoms. The van der Waals surface area contributed by atoms with E-state index in [1.807, 2.05) is 0 Å². The first-order valence-corrected chi connectivity index (χ1v) is 4.24. The molecule has 0 heterocycles. The summed E-state index contributed by atoms with van der Waals surface area (Å²) in [5, 5.41) is 0. The third-order valence-electron chi connectivity index (χ3n) is 3.25. The summed E-state index contributed by atoms with van der Waals surface area (Å²) in [5.41, 5.74) is 12.3. The minimum absolute atomic E-state index is 0.390. The molecule has 0 aromatic heterocycles. The van der Waals surface area contributed by atoms with Crippen molar-refractivity contribution in [2.45, 2.75) is 44.2 Å². The molecule has 2 nitrogen and oxygen atoms in total. The van der Waals surface area contributed by atoms with Crippen molar-refractivity contribution in [2.75, 3.05) is 0 Å². The molecule has 2 aliphatic rings. The van der Waals surface area contributed by atoms with Crippen LogP contribution >= 0.6 is 0 Å². The van der Waals surface area contributed by atoms with Crippen molar-refractivity contribution in [3.63, 3.8) is 0 Å². The zero-order valence-electron chi connectivity index (χ0n) is 6.34. The lowest BCUT2D eigenvalue weighted by Gasteiger charge is -2.32. The van der Waals surface area contributed by atoms with Gasteiger partial charge in [-0.25, -0.2) is 0 Å². The van der Waals surface area contributed by atoms with Gasteiger partial charge >= 0.3 is 0 Å². The Morgan fingerprint density at radius 3 is 2.30 bits per heavy atom. The first kappa shape index (κ1) is 6.62. The van der Waals surface area contributed by atoms with Crippen LogP contribution in [0, 0.1) is 5.41 Å². The van der Waals surface area contributed by atoms with E-state index in [0.717, 1.165) is 6.42 Å². The van der Waals surface area contributed by atoms with Crippen LogP contribution < -0.4 is 11.5 Å². The maximum Gasteiger partial charge on any atom is 0.0110 e. The Labute approximate surface area is 62.0 Å². The molecule has 2 fully saturated rings. The summed E-state index contributed by atoms with van der Waals surface area (Å²) in [6.07, 6.45) is 6.27. The molecular formula is C8H16N2. The molecule has 0 aromatic rings. The summed E-state index contributed by atoms with van der Waals surface area (Å²) in [6.45, 7) is 0. The molecule has 0 aromatic carbocycles. The van der Waals surface area contributed by atoms with Crippen LogP contribution in [0.2, 0.25) is 0 Å². The van der Waals surface area contributed by atoms with Gasteiger partial charge in [0.15, 0.2) is 0 Å². The summed E-state index contributed by atoms with van der Waals surface area (Å²) >= 11 is 0. The molecule has 0 saturated heterocycles. The molecule has 1 spiro atoms. The maximum atomic E-state index is 5.99. The zero-order chi connectivity index (χ0) is 7.19. The third kappa shape index (κ3) is 0.867. The molecule has 58 valence electrons. The Morgan fingerprint density at radius 2 is 1.80 bits per heavy atom. The van der Waals surface area contributed by atoms with Crippen LogP contribution in [0.1, 0.15) is 32.1 Å². The standard InChI is InChI=1S/C8H16N2/c9-6-1-2-8(3-4-8)7(10)5-6/h6-7H,1-5,9-10H2. The van der Waals surface area contributed by atoms with Crippen molar-refractivity contribution in [1.82, 2.24) is 0 Å². The van der Waals surface area contributed by atoms with Gasteiger partial charge < -0.3 is 11.5 Å². The summed E-state index contributed by atoms with van der Waals surface area (Å²) in [6, 6.07) is 0.803. The molecule has 2 aliphatic carbocycles. The highest BCUT2D eigenvalue weighted by atomic mass is 14.8. The zero-order valence-corrected chi connectivity index (χ0v) is 6.34. The highest BCUT2D eigenvalue weighted by Crippen LogP contribution is 2.55. The average Bonchev–Trinajstić information content (AvgIpc) is 2.62. The van der Waals surface area contributed by atoms with Crippen LogP contribution in [-0.2, 0) is 0 Å². The first-order chi connectivity index (χ1) is 4.73. The van der Waals surface area contributed by atoms with Crippen molar-refractivity contribution in [2.24, 2.45) is 16.9 Å². The second kappa shape index (κ2) is 1.95. The van der Waals surface area contributed by atoms with E-state index in [-0.39, 0.29) is 0 Å². The van der Waals surface area contributed by atoms with Crippen molar-refractivity contribution in [3.8, 4) is 0 Å². The summed E-state index contributed by atoms with van der Waals surface area (Å²) in [4.78, 5) is 0. The minimum Gasteiger partial charge on any atom is -0.328 e. The molecule has 2 atom stereocenters. The Hall–Kier alpha value is -0.0800. The smallest absolute Gasteiger partial charge is 0.0110 e. The van der Waals surface area contributed by atoms with Gasteiger partial charge in [0, 0.05) is 12.1 Å². The molecule has 2 rings (SSSR count). The highest BCUT2D eigenvalue weighted by molar-refractivity contribution is 5.04. The second-order valence-corrected chi connectivity index (χ2v) is 4.00. The molecule has 10 heavy (non-hydrogen) atoms. The molecule has 2 unspecified atom stereocenters. The van der Waals surface area contributed by atoms with Crippen LogP contribution in [0.4, 0.5) is 0 Å². The van der Waals surface area contributed by atoms with E-state index in [4.69, 9.17) is 11.5 Å². The third-order valence-corrected chi connectivity index (χ3v) is 3.25. The van der Waals surface area contributed by atoms with Crippen molar-refractivity contribution in [1.29, 1.82) is 0 Å². The lowest BCUT2D eigenvalue weighted by Crippen LogP contribution is -2.43. The number of hydrogen-bond acceptors (Lipinski definition) is 2. The van der Waals surface area contributed by atoms with Gasteiger partial charge in [-0.2, -0.15) is 0 Å². The van der Waals surface area contributed by atoms with Gasteiger partial charge in [0.2, 0.25) is 0 Å². The summed E-state index contributed by atoms with van der Waals surface area (Å²) in [7, 11) is 0. The van der Waals surface area contributed by atoms with Crippen molar-refractivity contribution in [3.05, 3.63) is 0 Å². The van der Waals surface area contributed by atoms with Gasteiger partial charge in [0.1, 0.15) is 0 Å². The van der Waals surface area contributed by atoms with Crippen molar-refractivity contribution < 1.29 is 0 Å². The lowest BCUT2D eigenvalue weighted by atomic mass is 9.80. The number of nitrogens with two attached hydrogens (primary N) is 2. The predicted octanol–water partition coefficient (Wildman–Crippen LogP) is 0.605. The van der Waals surface area contributed by atoms with Crippen LogP contribution in [-0.4, -0.2) is 12.1 Å². The molecule has 0 radical (unpaired) electrons. The minimum atomic E-state index is 0.390. The Kier molecular flexibility index (Phi) is 1.29. The van der Waals surface area contributed by atoms with E-state index >= 15 is 0 Å². The Bertz CT molecular complexity index is 140. The molecule has 0 amide bonds. The van der Waals surface area contributed by atoms with E-state index < -0.39 is 0 Å². The lowest BCUT2D eigenvalue weighted by molar-refractivity contribution is 0.260. The van der Waals surface area contributed by atoms with E-state index in [2.05, 4.69) is 0 Å². The Morgan fingerprint density at radius 1 is 1.10 bits per heavy atom. The highest BCUT2D eigenvalue weighted by Gasteiger charge is 2.49. The second-order valence-electron chi connectivity index (χ2n) is 4.00. The average molecular weight is 140 g/mol. The van der Waals surface area contributed by atoms with Crippen molar-refractivity contribution >= 4 is 0 Å². The van der Waals surface area contributed by atoms with Crippen LogP contribution in [0.25, 0.3) is 0 Å². The maximum absolute atomic E-state index is 5.99. The normalized spacial score (nSPS) is 43.8. The fraction of sp³-hybridized carbons (Fsp3) is 1.00. The number of hydrogen-bond donors (Lipinski definition) is 2. The van der Waals surface area contributed by atoms with Gasteiger partial charge in [-0.15, -0.1) is 0 Å². The SMILES string of the molecule is NC1CCC2(CC2)C(N)C1. The van der Waals surface area contributed by atoms with E-state index in [1.54, 1.807) is 0 Å². The summed E-state index contributed by atoms with van der Waals surface area (Å²) in [5.74, 6) is 0. The fourth-order valence-electron chi connectivity index (χ4n) is 2.13.